The van der Waals surface area contributed by atoms with Crippen LogP contribution in [0.2, 0.25) is 0 Å². The number of unbranched alkanes of at least 4 members (excludes halogenated alkanes) is 2. The van der Waals surface area contributed by atoms with Gasteiger partial charge in [0.2, 0.25) is 0 Å². The minimum atomic E-state index is -0.475. The van der Waals surface area contributed by atoms with Crippen LogP contribution in [0, 0.1) is 5.92 Å². The Bertz CT molecular complexity index is 558. The van der Waals surface area contributed by atoms with E-state index >= 15 is 0 Å². The molecule has 1 aromatic rings. The van der Waals surface area contributed by atoms with Gasteiger partial charge in [0.1, 0.15) is 0 Å². The van der Waals surface area contributed by atoms with E-state index in [4.69, 9.17) is 4.84 Å². The molecule has 23 heavy (non-hydrogen) atoms. The maximum Gasteiger partial charge on any atom is 0.338 e. The van der Waals surface area contributed by atoms with Gasteiger partial charge >= 0.3 is 5.97 Å². The van der Waals surface area contributed by atoms with Crippen molar-refractivity contribution >= 4 is 18.0 Å². The van der Waals surface area contributed by atoms with Crippen LogP contribution in [0.4, 0.5) is 0 Å². The van der Waals surface area contributed by atoms with E-state index in [1.54, 1.807) is 25.1 Å². The summed E-state index contributed by atoms with van der Waals surface area (Å²) in [6, 6.07) is 7.03. The van der Waals surface area contributed by atoms with Crippen molar-refractivity contribution in [2.75, 3.05) is 0 Å². The van der Waals surface area contributed by atoms with Crippen LogP contribution in [0.25, 0.3) is 6.08 Å². The molecule has 4 nitrogen and oxygen atoms in total. The summed E-state index contributed by atoms with van der Waals surface area (Å²) in [7, 11) is 0. The lowest BCUT2D eigenvalue weighted by Gasteiger charge is -2.08. The summed E-state index contributed by atoms with van der Waals surface area (Å²) in [6.45, 7) is 5.78. The van der Waals surface area contributed by atoms with E-state index in [9.17, 15) is 9.59 Å². The molecule has 1 aromatic carbocycles. The fraction of sp³-hybridized carbons (Fsp3) is 0.368. The Hall–Kier alpha value is -2.36. The molecule has 0 heterocycles. The van der Waals surface area contributed by atoms with Gasteiger partial charge in [-0.1, -0.05) is 56.2 Å². The van der Waals surface area contributed by atoms with Crippen molar-refractivity contribution in [3.8, 4) is 0 Å². The predicted octanol–water partition coefficient (Wildman–Crippen LogP) is 4.29. The van der Waals surface area contributed by atoms with E-state index in [0.717, 1.165) is 24.8 Å². The van der Waals surface area contributed by atoms with Gasteiger partial charge in [0.25, 0.3) is 5.91 Å². The van der Waals surface area contributed by atoms with E-state index in [-0.39, 0.29) is 5.92 Å². The highest BCUT2D eigenvalue weighted by molar-refractivity contribution is 5.94. The molecule has 1 N–H and O–H groups in total. The molecule has 1 unspecified atom stereocenters. The summed E-state index contributed by atoms with van der Waals surface area (Å²) in [4.78, 5) is 28.6. The van der Waals surface area contributed by atoms with Crippen molar-refractivity contribution in [3.63, 3.8) is 0 Å². The summed E-state index contributed by atoms with van der Waals surface area (Å²) in [5.41, 5.74) is 3.64. The Morgan fingerprint density at radius 3 is 2.57 bits per heavy atom. The Kier molecular flexibility index (Phi) is 8.43. The molecule has 0 aliphatic carbocycles. The lowest BCUT2D eigenvalue weighted by atomic mass is 10.1. The lowest BCUT2D eigenvalue weighted by molar-refractivity contribution is -0.151. The number of carbonyl (C=O) groups excluding carboxylic acids is 2. The highest BCUT2D eigenvalue weighted by Gasteiger charge is 2.13. The zero-order valence-electron chi connectivity index (χ0n) is 14.0. The predicted molar refractivity (Wildman–Crippen MR) is 92.5 cm³/mol. The first-order chi connectivity index (χ1) is 11.1. The van der Waals surface area contributed by atoms with Crippen LogP contribution in [0.5, 0.6) is 0 Å². The smallest absolute Gasteiger partial charge is 0.338 e. The first kappa shape index (κ1) is 18.7. The summed E-state index contributed by atoms with van der Waals surface area (Å²) >= 11 is 0. The largest absolute Gasteiger partial charge is 0.340 e. The molecule has 124 valence electrons. The summed E-state index contributed by atoms with van der Waals surface area (Å²) in [5, 5.41) is 0. The normalized spacial score (nSPS) is 12.5. The molecule has 0 aromatic heterocycles. The van der Waals surface area contributed by atoms with Gasteiger partial charge in [-0.2, -0.15) is 5.48 Å². The lowest BCUT2D eigenvalue weighted by Crippen LogP contribution is -2.29. The second-order valence-electron chi connectivity index (χ2n) is 5.33. The quantitative estimate of drug-likeness (QED) is 0.464. The summed E-state index contributed by atoms with van der Waals surface area (Å²) < 4.78 is 0. The Morgan fingerprint density at radius 2 is 1.96 bits per heavy atom. The second-order valence-corrected chi connectivity index (χ2v) is 5.33. The van der Waals surface area contributed by atoms with Crippen molar-refractivity contribution in [2.45, 2.75) is 40.0 Å². The maximum atomic E-state index is 11.9. The van der Waals surface area contributed by atoms with E-state index in [2.05, 4.69) is 12.4 Å². The highest BCUT2D eigenvalue weighted by atomic mass is 16.7. The molecule has 4 heteroatoms. The van der Waals surface area contributed by atoms with E-state index in [1.165, 1.54) is 0 Å². The van der Waals surface area contributed by atoms with Crippen LogP contribution >= 0.6 is 0 Å². The molecule has 0 aliphatic rings. The summed E-state index contributed by atoms with van der Waals surface area (Å²) in [5.74, 6) is -1.30. The van der Waals surface area contributed by atoms with Crippen LogP contribution in [-0.2, 0) is 9.63 Å². The number of benzene rings is 1. The molecule has 0 aliphatic heterocycles. The standard InChI is InChI=1S/C19H25NO3/c1-4-6-7-8-10-15(3)19(22)23-20-18(21)17-13-11-16(9-5-2)12-14-17/h5,8-15H,4,6-7H2,1-3H3,(H,20,21)/b9-5+,10-8?. The first-order valence-electron chi connectivity index (χ1n) is 7.99. The number of hydrogen-bond acceptors (Lipinski definition) is 3. The van der Waals surface area contributed by atoms with Gasteiger partial charge in [0.15, 0.2) is 0 Å². The molecule has 1 rings (SSSR count). The number of allylic oxidation sites excluding steroid dienone is 2. The third kappa shape index (κ3) is 6.96. The monoisotopic (exact) mass is 315 g/mol. The number of rotatable bonds is 7. The number of carbonyl (C=O) groups is 2. The SMILES string of the molecule is C/C=C/c1ccc(C(=O)NOC(=O)C(C)C=CCCCC)cc1. The van der Waals surface area contributed by atoms with Gasteiger partial charge in [-0.25, -0.2) is 4.79 Å². The Balaban J connectivity index is 2.45. The molecular formula is C19H25NO3. The van der Waals surface area contributed by atoms with Crippen LogP contribution in [0.1, 0.15) is 56.0 Å². The van der Waals surface area contributed by atoms with Gasteiger partial charge in [0, 0.05) is 5.56 Å². The van der Waals surface area contributed by atoms with E-state index in [0.29, 0.717) is 5.56 Å². The average Bonchev–Trinajstić information content (AvgIpc) is 2.57. The van der Waals surface area contributed by atoms with Crippen molar-refractivity contribution in [1.82, 2.24) is 5.48 Å². The highest BCUT2D eigenvalue weighted by Crippen LogP contribution is 2.07. The topological polar surface area (TPSA) is 55.4 Å². The maximum absolute atomic E-state index is 11.9. The van der Waals surface area contributed by atoms with Gasteiger partial charge in [-0.3, -0.25) is 4.79 Å². The number of amides is 1. The molecule has 0 bridgehead atoms. The van der Waals surface area contributed by atoms with Crippen molar-refractivity contribution in [2.24, 2.45) is 5.92 Å². The average molecular weight is 315 g/mol. The van der Waals surface area contributed by atoms with Gasteiger partial charge < -0.3 is 4.84 Å². The van der Waals surface area contributed by atoms with Crippen molar-refractivity contribution < 1.29 is 14.4 Å². The van der Waals surface area contributed by atoms with Gasteiger partial charge in [-0.05, 0) is 38.0 Å². The van der Waals surface area contributed by atoms with Crippen molar-refractivity contribution in [3.05, 3.63) is 53.6 Å². The van der Waals surface area contributed by atoms with Gasteiger partial charge in [-0.15, -0.1) is 0 Å². The Morgan fingerprint density at radius 1 is 1.26 bits per heavy atom. The van der Waals surface area contributed by atoms with Crippen LogP contribution < -0.4 is 5.48 Å². The fourth-order valence-corrected chi connectivity index (χ4v) is 1.89. The van der Waals surface area contributed by atoms with Crippen molar-refractivity contribution in [1.29, 1.82) is 0 Å². The third-order valence-electron chi connectivity index (χ3n) is 3.30. The molecule has 0 radical (unpaired) electrons. The molecule has 1 atom stereocenters. The Labute approximate surface area is 138 Å². The zero-order valence-corrected chi connectivity index (χ0v) is 14.0. The van der Waals surface area contributed by atoms with Crippen LogP contribution in [0.3, 0.4) is 0 Å². The molecule has 0 saturated carbocycles. The summed E-state index contributed by atoms with van der Waals surface area (Å²) in [6.07, 6.45) is 10.8. The van der Waals surface area contributed by atoms with Gasteiger partial charge in [0.05, 0.1) is 5.92 Å². The molecule has 0 fully saturated rings. The molecular weight excluding hydrogens is 290 g/mol. The first-order valence-corrected chi connectivity index (χ1v) is 7.99. The zero-order chi connectivity index (χ0) is 17.1. The minimum absolute atomic E-state index is 0.385. The van der Waals surface area contributed by atoms with E-state index in [1.807, 2.05) is 37.3 Å². The molecule has 0 saturated heterocycles. The number of nitrogens with one attached hydrogen (secondary N) is 1. The van der Waals surface area contributed by atoms with Crippen LogP contribution in [0.15, 0.2) is 42.5 Å². The second kappa shape index (κ2) is 10.4. The molecule has 0 spiro atoms. The van der Waals surface area contributed by atoms with E-state index < -0.39 is 11.9 Å². The minimum Gasteiger partial charge on any atom is -0.340 e. The molecule has 1 amide bonds. The number of hydrogen-bond donors (Lipinski definition) is 1. The third-order valence-corrected chi connectivity index (χ3v) is 3.30. The van der Waals surface area contributed by atoms with Crippen LogP contribution in [-0.4, -0.2) is 11.9 Å². The number of hydroxylamine groups is 1. The fourth-order valence-electron chi connectivity index (χ4n) is 1.89.